The van der Waals surface area contributed by atoms with E-state index < -0.39 is 0 Å². The SMILES string of the molecule is CN1CCC23CCCCC2C1CC1C=CC(O)=CC13. The molecule has 5 unspecified atom stereocenters. The smallest absolute Gasteiger partial charge is 0.111 e. The maximum atomic E-state index is 9.95. The third kappa shape index (κ3) is 1.59. The summed E-state index contributed by atoms with van der Waals surface area (Å²) in [6.07, 6.45) is 14.7. The molecule has 1 N–H and O–H groups in total. The van der Waals surface area contributed by atoms with Gasteiger partial charge in [0.15, 0.2) is 0 Å². The molecule has 0 aromatic rings. The van der Waals surface area contributed by atoms with Crippen molar-refractivity contribution in [3.63, 3.8) is 0 Å². The van der Waals surface area contributed by atoms with Gasteiger partial charge in [0.2, 0.25) is 0 Å². The first-order valence-electron chi connectivity index (χ1n) is 8.00. The van der Waals surface area contributed by atoms with Crippen molar-refractivity contribution in [2.24, 2.45) is 23.2 Å². The third-order valence-corrected chi connectivity index (χ3v) is 6.61. The van der Waals surface area contributed by atoms with E-state index in [-0.39, 0.29) is 0 Å². The molecule has 0 amide bonds. The molecule has 1 aliphatic heterocycles. The summed E-state index contributed by atoms with van der Waals surface area (Å²) in [6, 6.07) is 0.786. The lowest BCUT2D eigenvalue weighted by molar-refractivity contribution is -0.114. The molecule has 4 aliphatic rings. The van der Waals surface area contributed by atoms with Crippen molar-refractivity contribution in [3.05, 3.63) is 24.0 Å². The van der Waals surface area contributed by atoms with Crippen LogP contribution in [0.1, 0.15) is 38.5 Å². The van der Waals surface area contributed by atoms with Crippen LogP contribution in [0.4, 0.5) is 0 Å². The zero-order chi connectivity index (χ0) is 13.0. The molecule has 3 aliphatic carbocycles. The Bertz CT molecular complexity index is 441. The number of rotatable bonds is 0. The molecule has 1 heterocycles. The minimum Gasteiger partial charge on any atom is -0.508 e. The fraction of sp³-hybridized carbons (Fsp3) is 0.765. The molecule has 2 heteroatoms. The average molecular weight is 259 g/mol. The lowest BCUT2D eigenvalue weighted by Gasteiger charge is -2.63. The molecule has 0 aromatic heterocycles. The summed E-state index contributed by atoms with van der Waals surface area (Å²) < 4.78 is 0. The summed E-state index contributed by atoms with van der Waals surface area (Å²) in [6.45, 7) is 1.25. The molecule has 19 heavy (non-hydrogen) atoms. The molecule has 0 aromatic carbocycles. The summed E-state index contributed by atoms with van der Waals surface area (Å²) in [5.41, 5.74) is 0.497. The number of aliphatic hydroxyl groups is 1. The van der Waals surface area contributed by atoms with Gasteiger partial charge in [-0.15, -0.1) is 0 Å². The number of fused-ring (bicyclic) bond motifs is 1. The fourth-order valence-corrected chi connectivity index (χ4v) is 5.76. The molecule has 2 bridgehead atoms. The number of piperidine rings is 1. The number of hydrogen-bond acceptors (Lipinski definition) is 2. The van der Waals surface area contributed by atoms with Gasteiger partial charge < -0.3 is 10.0 Å². The van der Waals surface area contributed by atoms with E-state index in [1.165, 1.54) is 45.1 Å². The van der Waals surface area contributed by atoms with Crippen LogP contribution in [0.3, 0.4) is 0 Å². The number of nitrogens with zero attached hydrogens (tertiary/aromatic N) is 1. The highest BCUT2D eigenvalue weighted by Gasteiger charge is 2.57. The lowest BCUT2D eigenvalue weighted by Crippen LogP contribution is -2.61. The van der Waals surface area contributed by atoms with E-state index in [4.69, 9.17) is 0 Å². The monoisotopic (exact) mass is 259 g/mol. The maximum Gasteiger partial charge on any atom is 0.111 e. The topological polar surface area (TPSA) is 23.5 Å². The third-order valence-electron chi connectivity index (χ3n) is 6.61. The second kappa shape index (κ2) is 4.12. The number of likely N-dealkylation sites (tertiary alicyclic amines) is 1. The highest BCUT2D eigenvalue weighted by Crippen LogP contribution is 2.61. The fourth-order valence-electron chi connectivity index (χ4n) is 5.76. The van der Waals surface area contributed by atoms with E-state index in [1.807, 2.05) is 6.08 Å². The summed E-state index contributed by atoms with van der Waals surface area (Å²) >= 11 is 0. The molecule has 104 valence electrons. The molecule has 5 atom stereocenters. The van der Waals surface area contributed by atoms with Crippen molar-refractivity contribution in [1.29, 1.82) is 0 Å². The van der Waals surface area contributed by atoms with Gasteiger partial charge in [-0.3, -0.25) is 0 Å². The Kier molecular flexibility index (Phi) is 2.60. The van der Waals surface area contributed by atoms with Crippen molar-refractivity contribution in [2.45, 2.75) is 44.6 Å². The van der Waals surface area contributed by atoms with Crippen LogP contribution in [-0.4, -0.2) is 29.6 Å². The first-order chi connectivity index (χ1) is 9.21. The lowest BCUT2D eigenvalue weighted by atomic mass is 9.47. The van der Waals surface area contributed by atoms with E-state index in [2.05, 4.69) is 24.1 Å². The van der Waals surface area contributed by atoms with Crippen LogP contribution < -0.4 is 0 Å². The van der Waals surface area contributed by atoms with Gasteiger partial charge in [0.1, 0.15) is 5.76 Å². The number of aliphatic hydroxyl groups excluding tert-OH is 1. The Morgan fingerprint density at radius 3 is 3.11 bits per heavy atom. The van der Waals surface area contributed by atoms with Crippen molar-refractivity contribution >= 4 is 0 Å². The summed E-state index contributed by atoms with van der Waals surface area (Å²) in [5, 5.41) is 9.95. The van der Waals surface area contributed by atoms with Crippen LogP contribution >= 0.6 is 0 Å². The summed E-state index contributed by atoms with van der Waals surface area (Å²) in [4.78, 5) is 2.62. The normalized spacial score (nSPS) is 49.2. The average Bonchev–Trinajstić information content (AvgIpc) is 2.43. The van der Waals surface area contributed by atoms with E-state index in [9.17, 15) is 5.11 Å². The minimum absolute atomic E-state index is 0.497. The van der Waals surface area contributed by atoms with Gasteiger partial charge in [0.05, 0.1) is 0 Å². The van der Waals surface area contributed by atoms with Crippen molar-refractivity contribution in [1.82, 2.24) is 4.90 Å². The first kappa shape index (κ1) is 12.0. The van der Waals surface area contributed by atoms with Crippen LogP contribution in [0.15, 0.2) is 24.0 Å². The molecule has 3 fully saturated rings. The maximum absolute atomic E-state index is 9.95. The van der Waals surface area contributed by atoms with Crippen molar-refractivity contribution in [3.8, 4) is 0 Å². The van der Waals surface area contributed by atoms with Gasteiger partial charge in [-0.25, -0.2) is 0 Å². The molecule has 4 rings (SSSR count). The summed E-state index contributed by atoms with van der Waals surface area (Å²) in [7, 11) is 2.32. The van der Waals surface area contributed by atoms with Gasteiger partial charge in [0.25, 0.3) is 0 Å². The van der Waals surface area contributed by atoms with Crippen molar-refractivity contribution < 1.29 is 5.11 Å². The molecule has 0 radical (unpaired) electrons. The minimum atomic E-state index is 0.497. The van der Waals surface area contributed by atoms with Crippen LogP contribution in [0.25, 0.3) is 0 Å². The molecule has 1 saturated heterocycles. The quantitative estimate of drug-likeness (QED) is 0.719. The Labute approximate surface area is 116 Å². The molecular formula is C17H25NO. The Hall–Kier alpha value is -0.760. The Morgan fingerprint density at radius 2 is 2.21 bits per heavy atom. The predicted molar refractivity (Wildman–Crippen MR) is 76.9 cm³/mol. The molecule has 2 saturated carbocycles. The largest absolute Gasteiger partial charge is 0.508 e. The Balaban J connectivity index is 1.78. The second-order valence-electron chi connectivity index (χ2n) is 7.26. The summed E-state index contributed by atoms with van der Waals surface area (Å²) in [5.74, 6) is 2.65. The van der Waals surface area contributed by atoms with Gasteiger partial charge >= 0.3 is 0 Å². The highest BCUT2D eigenvalue weighted by molar-refractivity contribution is 5.26. The standard InChI is InChI=1S/C17H25NO/c1-18-9-8-17-7-3-2-4-14(17)16(18)10-12-5-6-13(19)11-15(12)17/h5-6,11-12,14-16,19H,2-4,7-10H2,1H3. The van der Waals surface area contributed by atoms with Gasteiger partial charge in [-0.2, -0.15) is 0 Å². The van der Waals surface area contributed by atoms with Gasteiger partial charge in [-0.05, 0) is 74.6 Å². The highest BCUT2D eigenvalue weighted by atomic mass is 16.3. The Morgan fingerprint density at radius 1 is 1.32 bits per heavy atom. The molecular weight excluding hydrogens is 234 g/mol. The van der Waals surface area contributed by atoms with Crippen LogP contribution in [0.5, 0.6) is 0 Å². The van der Waals surface area contributed by atoms with Gasteiger partial charge in [0, 0.05) is 6.04 Å². The van der Waals surface area contributed by atoms with Crippen LogP contribution in [-0.2, 0) is 0 Å². The van der Waals surface area contributed by atoms with Gasteiger partial charge in [-0.1, -0.05) is 18.9 Å². The van der Waals surface area contributed by atoms with Crippen LogP contribution in [0.2, 0.25) is 0 Å². The number of allylic oxidation sites excluding steroid dienone is 3. The van der Waals surface area contributed by atoms with Crippen molar-refractivity contribution in [2.75, 3.05) is 13.6 Å². The predicted octanol–water partition coefficient (Wildman–Crippen LogP) is 3.51. The zero-order valence-electron chi connectivity index (χ0n) is 11.9. The zero-order valence-corrected chi connectivity index (χ0v) is 11.9. The second-order valence-corrected chi connectivity index (χ2v) is 7.26. The first-order valence-corrected chi connectivity index (χ1v) is 8.00. The van der Waals surface area contributed by atoms with Crippen LogP contribution in [0, 0.1) is 23.2 Å². The number of hydrogen-bond donors (Lipinski definition) is 1. The van der Waals surface area contributed by atoms with E-state index in [0.717, 1.165) is 12.0 Å². The van der Waals surface area contributed by atoms with E-state index >= 15 is 0 Å². The molecule has 2 nitrogen and oxygen atoms in total. The molecule has 0 spiro atoms. The van der Waals surface area contributed by atoms with E-state index in [0.29, 0.717) is 23.0 Å². The van der Waals surface area contributed by atoms with E-state index in [1.54, 1.807) is 0 Å².